The molecule has 2 amide bonds. The Morgan fingerprint density at radius 3 is 2.86 bits per heavy atom. The lowest BCUT2D eigenvalue weighted by molar-refractivity contribution is -0.137. The third kappa shape index (κ3) is 2.79. The fourth-order valence-electron chi connectivity index (χ4n) is 4.24. The van der Waals surface area contributed by atoms with Gasteiger partial charge < -0.3 is 9.80 Å². The first kappa shape index (κ1) is 16.8. The Balaban J connectivity index is 1.26. The SMILES string of the molecule is O=C(Cn1ncnn1)N1CC[C@H]2[C@@H](C1)CN2C(=O)c1ccnc2ccccc12. The summed E-state index contributed by atoms with van der Waals surface area (Å²) in [5.74, 6) is 0.353. The van der Waals surface area contributed by atoms with Crippen molar-refractivity contribution >= 4 is 22.7 Å². The van der Waals surface area contributed by atoms with Crippen LogP contribution in [0, 0.1) is 5.92 Å². The van der Waals surface area contributed by atoms with Crippen LogP contribution in [0.2, 0.25) is 0 Å². The average molecular weight is 377 g/mol. The second-order valence-corrected chi connectivity index (χ2v) is 7.26. The first-order valence-electron chi connectivity index (χ1n) is 9.34. The monoisotopic (exact) mass is 377 g/mol. The smallest absolute Gasteiger partial charge is 0.254 e. The standard InChI is InChI=1S/C19H19N7O2/c27-18(11-26-22-12-21-23-26)24-8-6-17-13(9-24)10-25(17)19(28)15-5-7-20-16-4-2-1-3-14(15)16/h1-5,7,12-13,17H,6,8-11H2/t13-,17-/m0/s1. The van der Waals surface area contributed by atoms with E-state index in [0.29, 0.717) is 31.1 Å². The van der Waals surface area contributed by atoms with E-state index in [1.807, 2.05) is 34.1 Å². The first-order valence-corrected chi connectivity index (χ1v) is 9.34. The van der Waals surface area contributed by atoms with E-state index in [-0.39, 0.29) is 24.4 Å². The maximum absolute atomic E-state index is 13.1. The largest absolute Gasteiger partial charge is 0.341 e. The Morgan fingerprint density at radius 2 is 2.04 bits per heavy atom. The zero-order chi connectivity index (χ0) is 19.1. The van der Waals surface area contributed by atoms with Crippen molar-refractivity contribution < 1.29 is 9.59 Å². The van der Waals surface area contributed by atoms with Gasteiger partial charge in [0, 0.05) is 43.2 Å². The Labute approximate surface area is 160 Å². The van der Waals surface area contributed by atoms with Crippen molar-refractivity contribution in [1.82, 2.24) is 35.0 Å². The third-order valence-corrected chi connectivity index (χ3v) is 5.69. The van der Waals surface area contributed by atoms with Crippen LogP contribution in [0.5, 0.6) is 0 Å². The Bertz CT molecular complexity index is 1030. The number of likely N-dealkylation sites (tertiary alicyclic amines) is 2. The minimum absolute atomic E-state index is 0.0126. The van der Waals surface area contributed by atoms with E-state index < -0.39 is 0 Å². The van der Waals surface area contributed by atoms with Gasteiger partial charge >= 0.3 is 0 Å². The number of carbonyl (C=O) groups excluding carboxylic acids is 2. The van der Waals surface area contributed by atoms with E-state index in [1.54, 1.807) is 12.3 Å². The van der Waals surface area contributed by atoms with Crippen LogP contribution < -0.4 is 0 Å². The van der Waals surface area contributed by atoms with E-state index in [1.165, 1.54) is 11.1 Å². The highest BCUT2D eigenvalue weighted by Gasteiger charge is 2.46. The highest BCUT2D eigenvalue weighted by Crippen LogP contribution is 2.34. The number of hydrogen-bond donors (Lipinski definition) is 0. The zero-order valence-corrected chi connectivity index (χ0v) is 15.2. The van der Waals surface area contributed by atoms with Crippen molar-refractivity contribution in [2.45, 2.75) is 19.0 Å². The van der Waals surface area contributed by atoms with Gasteiger partial charge in [0.05, 0.1) is 11.1 Å². The molecule has 2 aliphatic heterocycles. The third-order valence-electron chi connectivity index (χ3n) is 5.69. The number of benzene rings is 1. The fraction of sp³-hybridized carbons (Fsp3) is 0.368. The summed E-state index contributed by atoms with van der Waals surface area (Å²) >= 11 is 0. The van der Waals surface area contributed by atoms with Gasteiger partial charge in [-0.3, -0.25) is 14.6 Å². The van der Waals surface area contributed by atoms with Crippen LogP contribution >= 0.6 is 0 Å². The molecular weight excluding hydrogens is 358 g/mol. The van der Waals surface area contributed by atoms with Crippen molar-refractivity contribution in [3.8, 4) is 0 Å². The van der Waals surface area contributed by atoms with E-state index in [9.17, 15) is 9.59 Å². The van der Waals surface area contributed by atoms with Gasteiger partial charge in [-0.05, 0) is 23.8 Å². The molecule has 5 rings (SSSR count). The van der Waals surface area contributed by atoms with E-state index in [4.69, 9.17) is 0 Å². The van der Waals surface area contributed by atoms with Gasteiger partial charge in [0.1, 0.15) is 6.54 Å². The summed E-state index contributed by atoms with van der Waals surface area (Å²) in [5, 5.41) is 12.1. The van der Waals surface area contributed by atoms with Crippen molar-refractivity contribution in [1.29, 1.82) is 0 Å². The number of tetrazole rings is 1. The molecule has 0 aliphatic carbocycles. The summed E-state index contributed by atoms with van der Waals surface area (Å²) in [6.45, 7) is 2.07. The Morgan fingerprint density at radius 1 is 1.14 bits per heavy atom. The predicted molar refractivity (Wildman–Crippen MR) is 99.1 cm³/mol. The van der Waals surface area contributed by atoms with Crippen LogP contribution in [0.4, 0.5) is 0 Å². The number of aromatic nitrogens is 5. The minimum atomic E-state index is -0.0126. The summed E-state index contributed by atoms with van der Waals surface area (Å²) in [5.41, 5.74) is 1.52. The highest BCUT2D eigenvalue weighted by molar-refractivity contribution is 6.06. The lowest BCUT2D eigenvalue weighted by Crippen LogP contribution is -2.65. The minimum Gasteiger partial charge on any atom is -0.341 e. The Kier molecular flexibility index (Phi) is 4.00. The van der Waals surface area contributed by atoms with Gasteiger partial charge in [-0.1, -0.05) is 18.2 Å². The van der Waals surface area contributed by atoms with Crippen LogP contribution in [-0.2, 0) is 11.3 Å². The fourth-order valence-corrected chi connectivity index (χ4v) is 4.24. The summed E-state index contributed by atoms with van der Waals surface area (Å²) < 4.78 is 0. The number of pyridine rings is 1. The number of nitrogens with zero attached hydrogens (tertiary/aromatic N) is 7. The maximum Gasteiger partial charge on any atom is 0.254 e. The number of rotatable bonds is 3. The normalized spacial score (nSPS) is 21.3. The van der Waals surface area contributed by atoms with Crippen LogP contribution in [-0.4, -0.2) is 72.5 Å². The molecule has 28 heavy (non-hydrogen) atoms. The molecule has 9 heteroatoms. The second-order valence-electron chi connectivity index (χ2n) is 7.26. The average Bonchev–Trinajstić information content (AvgIpc) is 3.21. The Hall–Kier alpha value is -3.36. The molecule has 9 nitrogen and oxygen atoms in total. The topological polar surface area (TPSA) is 97.1 Å². The van der Waals surface area contributed by atoms with Crippen molar-refractivity contribution in [3.05, 3.63) is 48.4 Å². The zero-order valence-electron chi connectivity index (χ0n) is 15.2. The molecule has 3 aromatic rings. The first-order chi connectivity index (χ1) is 13.7. The molecule has 0 spiro atoms. The van der Waals surface area contributed by atoms with Crippen LogP contribution in [0.15, 0.2) is 42.9 Å². The van der Waals surface area contributed by atoms with Gasteiger partial charge in [0.2, 0.25) is 5.91 Å². The quantitative estimate of drug-likeness (QED) is 0.663. The lowest BCUT2D eigenvalue weighted by Gasteiger charge is -2.53. The van der Waals surface area contributed by atoms with Gasteiger partial charge in [-0.2, -0.15) is 4.80 Å². The van der Waals surface area contributed by atoms with Crippen molar-refractivity contribution in [2.75, 3.05) is 19.6 Å². The molecule has 0 radical (unpaired) electrons. The molecule has 2 aromatic heterocycles. The van der Waals surface area contributed by atoms with E-state index >= 15 is 0 Å². The predicted octanol–water partition coefficient (Wildman–Crippen LogP) is 0.594. The second kappa shape index (κ2) is 6.66. The number of piperidine rings is 1. The van der Waals surface area contributed by atoms with E-state index in [2.05, 4.69) is 20.4 Å². The number of amides is 2. The van der Waals surface area contributed by atoms with Crippen molar-refractivity contribution in [2.24, 2.45) is 5.92 Å². The molecule has 0 unspecified atom stereocenters. The van der Waals surface area contributed by atoms with Gasteiger partial charge in [0.25, 0.3) is 5.91 Å². The maximum atomic E-state index is 13.1. The highest BCUT2D eigenvalue weighted by atomic mass is 16.2. The number of para-hydroxylation sites is 1. The van der Waals surface area contributed by atoms with Gasteiger partial charge in [-0.15, -0.1) is 10.2 Å². The molecule has 0 saturated carbocycles. The van der Waals surface area contributed by atoms with Gasteiger partial charge in [-0.25, -0.2) is 0 Å². The molecule has 2 fully saturated rings. The molecule has 4 heterocycles. The summed E-state index contributed by atoms with van der Waals surface area (Å²) in [6, 6.07) is 9.68. The molecule has 1 aromatic carbocycles. The lowest BCUT2D eigenvalue weighted by atomic mass is 9.82. The summed E-state index contributed by atoms with van der Waals surface area (Å²) in [6.07, 6.45) is 3.79. The van der Waals surface area contributed by atoms with Gasteiger partial charge in [0.15, 0.2) is 6.33 Å². The molecule has 2 aliphatic rings. The van der Waals surface area contributed by atoms with Crippen molar-refractivity contribution in [3.63, 3.8) is 0 Å². The molecule has 2 atom stereocenters. The number of carbonyl (C=O) groups is 2. The molecule has 0 N–H and O–H groups in total. The number of fused-ring (bicyclic) bond motifs is 2. The summed E-state index contributed by atoms with van der Waals surface area (Å²) in [4.78, 5) is 35.0. The molecule has 0 bridgehead atoms. The number of hydrogen-bond acceptors (Lipinski definition) is 6. The molecule has 142 valence electrons. The van der Waals surface area contributed by atoms with Crippen LogP contribution in [0.3, 0.4) is 0 Å². The summed E-state index contributed by atoms with van der Waals surface area (Å²) in [7, 11) is 0. The molecule has 2 saturated heterocycles. The molecular formula is C19H19N7O2. The van der Waals surface area contributed by atoms with Crippen LogP contribution in [0.25, 0.3) is 10.9 Å². The van der Waals surface area contributed by atoms with Crippen LogP contribution in [0.1, 0.15) is 16.8 Å². The van der Waals surface area contributed by atoms with E-state index in [0.717, 1.165) is 17.3 Å².